The van der Waals surface area contributed by atoms with Crippen molar-refractivity contribution in [3.8, 4) is 6.07 Å². The predicted octanol–water partition coefficient (Wildman–Crippen LogP) is 1.81. The van der Waals surface area contributed by atoms with Crippen molar-refractivity contribution >= 4 is 22.6 Å². The van der Waals surface area contributed by atoms with Crippen molar-refractivity contribution in [3.05, 3.63) is 24.3 Å². The quantitative estimate of drug-likeness (QED) is 0.726. The van der Waals surface area contributed by atoms with Gasteiger partial charge >= 0.3 is 0 Å². The number of rotatable bonds is 2. The van der Waals surface area contributed by atoms with Gasteiger partial charge in [-0.2, -0.15) is 5.26 Å². The van der Waals surface area contributed by atoms with Crippen LogP contribution < -0.4 is 0 Å². The molecule has 0 radical (unpaired) electrons. The molecule has 0 amide bonds. The molecule has 0 saturated carbocycles. The Kier molecular flexibility index (Phi) is 2.57. The monoisotopic (exact) mass is 220 g/mol. The number of pyridine rings is 1. The summed E-state index contributed by atoms with van der Waals surface area (Å²) in [4.78, 5) is 8.41. The molecule has 0 aromatic carbocycles. The largest absolute Gasteiger partial charge is 0.334 e. The third kappa shape index (κ3) is 1.55. The average Bonchev–Trinajstić information content (AvgIpc) is 2.64. The van der Waals surface area contributed by atoms with Crippen molar-refractivity contribution in [1.29, 1.82) is 5.26 Å². The smallest absolute Gasteiger partial charge is 0.111 e. The van der Waals surface area contributed by atoms with E-state index < -0.39 is 5.92 Å². The van der Waals surface area contributed by atoms with Gasteiger partial charge in [-0.3, -0.25) is 4.98 Å². The van der Waals surface area contributed by atoms with Crippen LogP contribution in [0, 0.1) is 11.3 Å². The number of fused-ring (bicyclic) bond motifs is 1. The molecule has 15 heavy (non-hydrogen) atoms. The van der Waals surface area contributed by atoms with Crippen molar-refractivity contribution in [2.45, 2.75) is 5.92 Å². The molecular weight excluding hydrogens is 212 g/mol. The number of hydrogen-bond acceptors (Lipinski definition) is 3. The minimum atomic E-state index is -0.398. The summed E-state index contributed by atoms with van der Waals surface area (Å²) in [5.41, 5.74) is 2.38. The Bertz CT molecular complexity index is 526. The molecular formula is C10H9ClN4. The average molecular weight is 221 g/mol. The molecule has 2 aromatic heterocycles. The van der Waals surface area contributed by atoms with Gasteiger partial charge in [-0.15, -0.1) is 11.6 Å². The summed E-state index contributed by atoms with van der Waals surface area (Å²) in [7, 11) is 1.90. The Morgan fingerprint density at radius 3 is 3.07 bits per heavy atom. The van der Waals surface area contributed by atoms with E-state index in [9.17, 15) is 0 Å². The maximum atomic E-state index is 8.94. The third-order valence-corrected chi connectivity index (χ3v) is 2.62. The summed E-state index contributed by atoms with van der Waals surface area (Å²) in [6.07, 6.45) is 3.38. The number of nitrogens with zero attached hydrogens (tertiary/aromatic N) is 4. The molecule has 0 N–H and O–H groups in total. The van der Waals surface area contributed by atoms with Gasteiger partial charge in [0.05, 0.1) is 23.6 Å². The molecule has 0 aliphatic rings. The molecule has 0 saturated heterocycles. The Balaban J connectivity index is 2.66. The number of nitriles is 1. The van der Waals surface area contributed by atoms with Gasteiger partial charge in [-0.25, -0.2) is 4.98 Å². The standard InChI is InChI=1S/C10H9ClN4/c1-15-6-14-10-8(15)2-3-13-9(10)7(4-11)5-12/h2-3,6-7H,4H2,1H3. The lowest BCUT2D eigenvalue weighted by atomic mass is 10.1. The SMILES string of the molecule is Cn1cnc2c(C(C#N)CCl)nccc21. The van der Waals surface area contributed by atoms with Crippen LogP contribution in [0.4, 0.5) is 0 Å². The first-order valence-electron chi connectivity index (χ1n) is 4.49. The lowest BCUT2D eigenvalue weighted by Gasteiger charge is -2.04. The molecule has 1 unspecified atom stereocenters. The first kappa shape index (κ1) is 9.94. The maximum Gasteiger partial charge on any atom is 0.111 e. The van der Waals surface area contributed by atoms with Gasteiger partial charge in [0.2, 0.25) is 0 Å². The first-order chi connectivity index (χ1) is 7.27. The van der Waals surface area contributed by atoms with Gasteiger partial charge in [0.1, 0.15) is 11.4 Å². The van der Waals surface area contributed by atoms with E-state index in [1.165, 1.54) is 0 Å². The predicted molar refractivity (Wildman–Crippen MR) is 57.6 cm³/mol. The number of aromatic nitrogens is 3. The minimum absolute atomic E-state index is 0.235. The maximum absolute atomic E-state index is 8.94. The molecule has 76 valence electrons. The van der Waals surface area contributed by atoms with Crippen LogP contribution in [0.1, 0.15) is 11.6 Å². The van der Waals surface area contributed by atoms with E-state index in [1.807, 2.05) is 17.7 Å². The van der Waals surface area contributed by atoms with Crippen LogP contribution in [0.3, 0.4) is 0 Å². The number of alkyl halides is 1. The van der Waals surface area contributed by atoms with E-state index in [1.54, 1.807) is 12.5 Å². The van der Waals surface area contributed by atoms with Crippen LogP contribution >= 0.6 is 11.6 Å². The molecule has 2 heterocycles. The summed E-state index contributed by atoms with van der Waals surface area (Å²) in [6.45, 7) is 0. The molecule has 4 nitrogen and oxygen atoms in total. The highest BCUT2D eigenvalue weighted by atomic mass is 35.5. The van der Waals surface area contributed by atoms with E-state index in [-0.39, 0.29) is 5.88 Å². The number of imidazole rings is 1. The van der Waals surface area contributed by atoms with Crippen molar-refractivity contribution in [1.82, 2.24) is 14.5 Å². The fourth-order valence-electron chi connectivity index (χ4n) is 1.51. The van der Waals surface area contributed by atoms with Crippen LogP contribution in [0.25, 0.3) is 11.0 Å². The van der Waals surface area contributed by atoms with Crippen LogP contribution in [0.5, 0.6) is 0 Å². The Labute approximate surface area is 92.1 Å². The Hall–Kier alpha value is -1.60. The first-order valence-corrected chi connectivity index (χ1v) is 5.03. The van der Waals surface area contributed by atoms with E-state index >= 15 is 0 Å². The summed E-state index contributed by atoms with van der Waals surface area (Å²) in [5, 5.41) is 8.94. The van der Waals surface area contributed by atoms with Crippen LogP contribution in [-0.2, 0) is 7.05 Å². The van der Waals surface area contributed by atoms with Gasteiger partial charge in [0, 0.05) is 19.1 Å². The van der Waals surface area contributed by atoms with Crippen molar-refractivity contribution in [2.24, 2.45) is 7.05 Å². The van der Waals surface area contributed by atoms with Crippen LogP contribution in [0.2, 0.25) is 0 Å². The Morgan fingerprint density at radius 1 is 1.60 bits per heavy atom. The molecule has 5 heteroatoms. The lowest BCUT2D eigenvalue weighted by molar-refractivity contribution is 0.935. The topological polar surface area (TPSA) is 54.5 Å². The Morgan fingerprint density at radius 2 is 2.40 bits per heavy atom. The van der Waals surface area contributed by atoms with Crippen molar-refractivity contribution in [3.63, 3.8) is 0 Å². The van der Waals surface area contributed by atoms with Gasteiger partial charge in [0.15, 0.2) is 0 Å². The second-order valence-corrected chi connectivity index (χ2v) is 3.56. The molecule has 0 aliphatic heterocycles. The van der Waals surface area contributed by atoms with E-state index in [2.05, 4.69) is 16.0 Å². The van der Waals surface area contributed by atoms with Gasteiger partial charge < -0.3 is 4.57 Å². The van der Waals surface area contributed by atoms with Gasteiger partial charge in [0.25, 0.3) is 0 Å². The molecule has 0 spiro atoms. The molecule has 0 aliphatic carbocycles. The zero-order valence-electron chi connectivity index (χ0n) is 8.18. The highest BCUT2D eigenvalue weighted by Gasteiger charge is 2.16. The number of hydrogen-bond donors (Lipinski definition) is 0. The van der Waals surface area contributed by atoms with E-state index in [4.69, 9.17) is 16.9 Å². The molecule has 1 atom stereocenters. The minimum Gasteiger partial charge on any atom is -0.334 e. The fraction of sp³-hybridized carbons (Fsp3) is 0.300. The fourth-order valence-corrected chi connectivity index (χ4v) is 1.72. The highest BCUT2D eigenvalue weighted by molar-refractivity contribution is 6.18. The van der Waals surface area contributed by atoms with Crippen LogP contribution in [0.15, 0.2) is 18.6 Å². The van der Waals surface area contributed by atoms with Crippen LogP contribution in [-0.4, -0.2) is 20.4 Å². The second-order valence-electron chi connectivity index (χ2n) is 3.26. The molecule has 2 aromatic rings. The van der Waals surface area contributed by atoms with Gasteiger partial charge in [-0.1, -0.05) is 0 Å². The highest BCUT2D eigenvalue weighted by Crippen LogP contribution is 2.22. The summed E-state index contributed by atoms with van der Waals surface area (Å²) in [6, 6.07) is 4.00. The van der Waals surface area contributed by atoms with Crippen molar-refractivity contribution in [2.75, 3.05) is 5.88 Å². The van der Waals surface area contributed by atoms with Gasteiger partial charge in [-0.05, 0) is 6.07 Å². The normalized spacial score (nSPS) is 12.6. The molecule has 0 fully saturated rings. The zero-order valence-corrected chi connectivity index (χ0v) is 8.94. The third-order valence-electron chi connectivity index (χ3n) is 2.31. The zero-order chi connectivity index (χ0) is 10.8. The summed E-state index contributed by atoms with van der Waals surface area (Å²) in [5.74, 6) is -0.163. The van der Waals surface area contributed by atoms with E-state index in [0.29, 0.717) is 5.69 Å². The van der Waals surface area contributed by atoms with E-state index in [0.717, 1.165) is 11.0 Å². The second kappa shape index (κ2) is 3.87. The lowest BCUT2D eigenvalue weighted by Crippen LogP contribution is -2.01. The molecule has 2 rings (SSSR count). The number of aryl methyl sites for hydroxylation is 1. The van der Waals surface area contributed by atoms with Crippen molar-refractivity contribution < 1.29 is 0 Å². The molecule has 0 bridgehead atoms. The summed E-state index contributed by atoms with van der Waals surface area (Å²) < 4.78 is 1.89. The summed E-state index contributed by atoms with van der Waals surface area (Å²) >= 11 is 5.71. The number of halogens is 1.